The molecule has 31 heavy (non-hydrogen) atoms. The molecule has 9 heteroatoms. The number of ether oxygens (including phenoxy) is 1. The minimum Gasteiger partial charge on any atom is -0.462 e. The maximum absolute atomic E-state index is 12.6. The molecule has 0 fully saturated rings. The van der Waals surface area contributed by atoms with E-state index >= 15 is 0 Å². The van der Waals surface area contributed by atoms with Crippen LogP contribution < -0.4 is 5.32 Å². The fraction of sp³-hybridized carbons (Fsp3) is 0.273. The lowest BCUT2D eigenvalue weighted by molar-refractivity contribution is -0.146. The SMILES string of the molecule is CSCCC(NC(=O)c1ccc(Cl)cc1)C(=O)OCCN1C(=O)c2ccccc2C1=O. The molecule has 1 N–H and O–H groups in total. The Morgan fingerprint density at radius 2 is 1.68 bits per heavy atom. The van der Waals surface area contributed by atoms with E-state index in [2.05, 4.69) is 5.32 Å². The minimum atomic E-state index is -0.849. The summed E-state index contributed by atoms with van der Waals surface area (Å²) in [5.41, 5.74) is 1.05. The van der Waals surface area contributed by atoms with Crippen molar-refractivity contribution in [2.45, 2.75) is 12.5 Å². The average molecular weight is 461 g/mol. The van der Waals surface area contributed by atoms with Gasteiger partial charge in [0.2, 0.25) is 0 Å². The van der Waals surface area contributed by atoms with Crippen molar-refractivity contribution in [1.82, 2.24) is 10.2 Å². The van der Waals surface area contributed by atoms with E-state index in [-0.39, 0.29) is 13.2 Å². The Balaban J connectivity index is 1.57. The van der Waals surface area contributed by atoms with Gasteiger partial charge in [-0.15, -0.1) is 0 Å². The van der Waals surface area contributed by atoms with Crippen molar-refractivity contribution < 1.29 is 23.9 Å². The molecular formula is C22H21ClN2O5S. The zero-order chi connectivity index (χ0) is 22.4. The molecule has 2 aromatic carbocycles. The Labute approximate surface area is 189 Å². The Morgan fingerprint density at radius 3 is 2.26 bits per heavy atom. The van der Waals surface area contributed by atoms with E-state index in [0.717, 1.165) is 4.90 Å². The van der Waals surface area contributed by atoms with Crippen LogP contribution in [-0.2, 0) is 9.53 Å². The number of hydrogen-bond donors (Lipinski definition) is 1. The summed E-state index contributed by atoms with van der Waals surface area (Å²) in [6.07, 6.45) is 2.28. The van der Waals surface area contributed by atoms with E-state index in [1.54, 1.807) is 48.5 Å². The molecule has 2 aromatic rings. The number of imide groups is 1. The molecule has 0 bridgehead atoms. The molecule has 3 rings (SSSR count). The first-order valence-corrected chi connectivity index (χ1v) is 11.4. The molecule has 0 spiro atoms. The van der Waals surface area contributed by atoms with Gasteiger partial charge in [0.1, 0.15) is 12.6 Å². The summed E-state index contributed by atoms with van der Waals surface area (Å²) >= 11 is 7.38. The van der Waals surface area contributed by atoms with Crippen molar-refractivity contribution in [3.05, 3.63) is 70.2 Å². The quantitative estimate of drug-likeness (QED) is 0.456. The third-order valence-corrected chi connectivity index (χ3v) is 5.64. The fourth-order valence-corrected chi connectivity index (χ4v) is 3.71. The Hall–Kier alpha value is -2.84. The number of amides is 3. The smallest absolute Gasteiger partial charge is 0.328 e. The maximum Gasteiger partial charge on any atom is 0.328 e. The van der Waals surface area contributed by atoms with Crippen molar-refractivity contribution in [2.75, 3.05) is 25.2 Å². The van der Waals surface area contributed by atoms with Crippen LogP contribution in [0.1, 0.15) is 37.5 Å². The van der Waals surface area contributed by atoms with Gasteiger partial charge in [0.25, 0.3) is 17.7 Å². The summed E-state index contributed by atoms with van der Waals surface area (Å²) in [7, 11) is 0. The topological polar surface area (TPSA) is 92.8 Å². The molecule has 0 aromatic heterocycles. The molecule has 1 unspecified atom stereocenters. The van der Waals surface area contributed by atoms with Crippen LogP contribution in [0, 0.1) is 0 Å². The highest BCUT2D eigenvalue weighted by Gasteiger charge is 2.35. The summed E-state index contributed by atoms with van der Waals surface area (Å²) in [6, 6.07) is 12.0. The molecule has 1 heterocycles. The van der Waals surface area contributed by atoms with E-state index in [9.17, 15) is 19.2 Å². The molecule has 0 saturated heterocycles. The van der Waals surface area contributed by atoms with E-state index in [4.69, 9.17) is 16.3 Å². The molecule has 7 nitrogen and oxygen atoms in total. The van der Waals surface area contributed by atoms with Gasteiger partial charge in [-0.2, -0.15) is 11.8 Å². The van der Waals surface area contributed by atoms with Gasteiger partial charge >= 0.3 is 5.97 Å². The number of nitrogens with one attached hydrogen (secondary N) is 1. The largest absolute Gasteiger partial charge is 0.462 e. The maximum atomic E-state index is 12.6. The number of esters is 1. The standard InChI is InChI=1S/C22H21ClN2O5S/c1-31-13-10-18(24-19(26)14-6-8-15(23)9-7-14)22(29)30-12-11-25-20(27)16-4-2-3-5-17(16)21(25)28/h2-9,18H,10-13H2,1H3,(H,24,26). The summed E-state index contributed by atoms with van der Waals surface area (Å²) < 4.78 is 5.28. The first kappa shape index (κ1) is 22.8. The average Bonchev–Trinajstić information content (AvgIpc) is 3.02. The molecule has 0 aliphatic carbocycles. The van der Waals surface area contributed by atoms with E-state index in [1.807, 2.05) is 6.26 Å². The molecule has 0 saturated carbocycles. The molecule has 0 radical (unpaired) electrons. The van der Waals surface area contributed by atoms with Gasteiger partial charge in [0.05, 0.1) is 17.7 Å². The zero-order valence-electron chi connectivity index (χ0n) is 16.8. The highest BCUT2D eigenvalue weighted by molar-refractivity contribution is 7.98. The van der Waals surface area contributed by atoms with Crippen LogP contribution in [0.4, 0.5) is 0 Å². The number of fused-ring (bicyclic) bond motifs is 1. The Bertz CT molecular complexity index is 961. The number of thioether (sulfide) groups is 1. The van der Waals surface area contributed by atoms with Crippen LogP contribution in [0.15, 0.2) is 48.5 Å². The second-order valence-corrected chi connectivity index (χ2v) is 8.21. The highest BCUT2D eigenvalue weighted by Crippen LogP contribution is 2.22. The van der Waals surface area contributed by atoms with Crippen molar-refractivity contribution in [3.63, 3.8) is 0 Å². The van der Waals surface area contributed by atoms with Gasteiger partial charge in [-0.3, -0.25) is 19.3 Å². The fourth-order valence-electron chi connectivity index (χ4n) is 3.11. The zero-order valence-corrected chi connectivity index (χ0v) is 18.4. The second-order valence-electron chi connectivity index (χ2n) is 6.79. The third-order valence-electron chi connectivity index (χ3n) is 4.74. The monoisotopic (exact) mass is 460 g/mol. The number of benzene rings is 2. The summed E-state index contributed by atoms with van der Waals surface area (Å²) in [5, 5.41) is 3.18. The van der Waals surface area contributed by atoms with Crippen molar-refractivity contribution in [1.29, 1.82) is 0 Å². The first-order valence-electron chi connectivity index (χ1n) is 9.59. The third kappa shape index (κ3) is 5.45. The van der Waals surface area contributed by atoms with E-state index in [1.165, 1.54) is 11.8 Å². The summed E-state index contributed by atoms with van der Waals surface area (Å²) in [6.45, 7) is -0.213. The minimum absolute atomic E-state index is 0.0571. The van der Waals surface area contributed by atoms with Crippen molar-refractivity contribution >= 4 is 47.1 Å². The molecule has 1 atom stereocenters. The van der Waals surface area contributed by atoms with Crippen LogP contribution in [0.25, 0.3) is 0 Å². The molecule has 1 aliphatic heterocycles. The summed E-state index contributed by atoms with van der Waals surface area (Å²) in [4.78, 5) is 50.8. The molecule has 1 aliphatic rings. The first-order chi connectivity index (χ1) is 14.9. The summed E-state index contributed by atoms with van der Waals surface area (Å²) in [5.74, 6) is -1.22. The number of carbonyl (C=O) groups excluding carboxylic acids is 4. The van der Waals surface area contributed by atoms with Gasteiger partial charge in [-0.05, 0) is 54.8 Å². The highest BCUT2D eigenvalue weighted by atomic mass is 35.5. The van der Waals surface area contributed by atoms with E-state index in [0.29, 0.717) is 33.9 Å². The second kappa shape index (κ2) is 10.5. The van der Waals surface area contributed by atoms with Crippen LogP contribution in [0.5, 0.6) is 0 Å². The van der Waals surface area contributed by atoms with E-state index < -0.39 is 29.7 Å². The van der Waals surface area contributed by atoms with Gasteiger partial charge in [0.15, 0.2) is 0 Å². The van der Waals surface area contributed by atoms with Crippen LogP contribution in [-0.4, -0.2) is 59.8 Å². The van der Waals surface area contributed by atoms with Crippen LogP contribution in [0.2, 0.25) is 5.02 Å². The van der Waals surface area contributed by atoms with Gasteiger partial charge in [-0.1, -0.05) is 23.7 Å². The number of halogens is 1. The lowest BCUT2D eigenvalue weighted by Gasteiger charge is -2.19. The Kier molecular flexibility index (Phi) is 7.70. The predicted molar refractivity (Wildman–Crippen MR) is 118 cm³/mol. The lowest BCUT2D eigenvalue weighted by Crippen LogP contribution is -2.43. The molecule has 3 amide bonds. The van der Waals surface area contributed by atoms with Gasteiger partial charge in [-0.25, -0.2) is 4.79 Å². The number of nitrogens with zero attached hydrogens (tertiary/aromatic N) is 1. The van der Waals surface area contributed by atoms with Crippen molar-refractivity contribution in [3.8, 4) is 0 Å². The Morgan fingerprint density at radius 1 is 1.06 bits per heavy atom. The normalized spacial score (nSPS) is 13.7. The van der Waals surface area contributed by atoms with Gasteiger partial charge < -0.3 is 10.1 Å². The predicted octanol–water partition coefficient (Wildman–Crippen LogP) is 3.03. The molecule has 162 valence electrons. The lowest BCUT2D eigenvalue weighted by atomic mass is 10.1. The van der Waals surface area contributed by atoms with Crippen molar-refractivity contribution in [2.24, 2.45) is 0 Å². The molecular weight excluding hydrogens is 440 g/mol. The number of hydrogen-bond acceptors (Lipinski definition) is 6. The van der Waals surface area contributed by atoms with Crippen LogP contribution in [0.3, 0.4) is 0 Å². The number of rotatable bonds is 9. The number of carbonyl (C=O) groups is 4. The van der Waals surface area contributed by atoms with Crippen LogP contribution >= 0.6 is 23.4 Å². The van der Waals surface area contributed by atoms with Gasteiger partial charge in [0, 0.05) is 10.6 Å².